The normalized spacial score (nSPS) is 11.5. The zero-order valence-electron chi connectivity index (χ0n) is 13.9. The molecule has 1 aromatic heterocycles. The van der Waals surface area contributed by atoms with Gasteiger partial charge in [0.1, 0.15) is 5.82 Å². The van der Waals surface area contributed by atoms with E-state index >= 15 is 0 Å². The Bertz CT molecular complexity index is 1110. The van der Waals surface area contributed by atoms with Gasteiger partial charge in [-0.1, -0.05) is 12.1 Å². The number of rotatable bonds is 4. The largest absolute Gasteiger partial charge is 0.348 e. The summed E-state index contributed by atoms with van der Waals surface area (Å²) in [6.07, 6.45) is 0. The fourth-order valence-electron chi connectivity index (χ4n) is 2.63. The fourth-order valence-corrected chi connectivity index (χ4v) is 3.22. The first-order chi connectivity index (χ1) is 12.2. The molecule has 6 nitrogen and oxygen atoms in total. The third-order valence-corrected chi connectivity index (χ3v) is 4.74. The maximum Gasteiger partial charge on any atom is 0.252 e. The second kappa shape index (κ2) is 6.81. The molecule has 134 valence electrons. The van der Waals surface area contributed by atoms with Crippen LogP contribution in [-0.2, 0) is 16.6 Å². The summed E-state index contributed by atoms with van der Waals surface area (Å²) in [4.78, 5) is 16.8. The minimum absolute atomic E-state index is 0.0232. The Morgan fingerprint density at radius 1 is 1.19 bits per heavy atom. The van der Waals surface area contributed by atoms with Gasteiger partial charge in [-0.2, -0.15) is 0 Å². The lowest BCUT2D eigenvalue weighted by atomic mass is 10.1. The van der Waals surface area contributed by atoms with Gasteiger partial charge in [-0.15, -0.1) is 0 Å². The number of hydrogen-bond acceptors (Lipinski definition) is 4. The topological polar surface area (TPSA) is 102 Å². The molecule has 0 radical (unpaired) electrons. The van der Waals surface area contributed by atoms with Crippen molar-refractivity contribution in [3.05, 3.63) is 71.2 Å². The number of sulfonamides is 1. The van der Waals surface area contributed by atoms with E-state index in [1.165, 1.54) is 30.3 Å². The number of nitrogens with zero attached hydrogens (tertiary/aromatic N) is 1. The minimum atomic E-state index is -3.81. The first-order valence-corrected chi connectivity index (χ1v) is 9.25. The lowest BCUT2D eigenvalue weighted by Crippen LogP contribution is -2.23. The molecule has 0 aliphatic rings. The number of hydrogen-bond donors (Lipinski definition) is 2. The van der Waals surface area contributed by atoms with Crippen LogP contribution in [0.15, 0.2) is 53.4 Å². The Balaban J connectivity index is 1.86. The molecule has 2 aromatic carbocycles. The van der Waals surface area contributed by atoms with Gasteiger partial charge in [0.05, 0.1) is 16.0 Å². The molecule has 3 N–H and O–H groups in total. The Kier molecular flexibility index (Phi) is 4.71. The van der Waals surface area contributed by atoms with Gasteiger partial charge in [0.25, 0.3) is 5.91 Å². The third kappa shape index (κ3) is 3.87. The molecule has 1 heterocycles. The lowest BCUT2D eigenvalue weighted by Gasteiger charge is -2.10. The van der Waals surface area contributed by atoms with E-state index in [-0.39, 0.29) is 17.3 Å². The van der Waals surface area contributed by atoms with E-state index in [0.717, 1.165) is 0 Å². The molecular formula is C18H16FN3O3S. The highest BCUT2D eigenvalue weighted by molar-refractivity contribution is 7.89. The second-order valence-corrected chi connectivity index (χ2v) is 7.41. The molecule has 0 unspecified atom stereocenters. The highest BCUT2D eigenvalue weighted by atomic mass is 32.2. The van der Waals surface area contributed by atoms with Crippen molar-refractivity contribution in [1.29, 1.82) is 0 Å². The van der Waals surface area contributed by atoms with E-state index in [1.807, 2.05) is 0 Å². The molecule has 0 atom stereocenters. The van der Waals surface area contributed by atoms with Gasteiger partial charge in [-0.25, -0.2) is 17.9 Å². The number of primary sulfonamides is 1. The molecular weight excluding hydrogens is 357 g/mol. The van der Waals surface area contributed by atoms with Crippen LogP contribution in [0.4, 0.5) is 4.39 Å². The maximum atomic E-state index is 13.4. The summed E-state index contributed by atoms with van der Waals surface area (Å²) in [5.74, 6) is -0.796. The van der Waals surface area contributed by atoms with Crippen molar-refractivity contribution >= 4 is 26.8 Å². The summed E-state index contributed by atoms with van der Waals surface area (Å²) < 4.78 is 36.2. The zero-order chi connectivity index (χ0) is 18.9. The van der Waals surface area contributed by atoms with Crippen LogP contribution in [0, 0.1) is 12.7 Å². The standard InChI is InChI=1S/C18H16FN3O3S/c1-11-7-16(15-6-5-13(19)9-17(15)22-11)18(23)21-10-12-3-2-4-14(8-12)26(20,24)25/h2-9H,10H2,1H3,(H,21,23)(H2,20,24,25). The summed E-state index contributed by atoms with van der Waals surface area (Å²) in [6, 6.07) is 11.7. The molecule has 26 heavy (non-hydrogen) atoms. The third-order valence-electron chi connectivity index (χ3n) is 3.82. The number of aromatic nitrogens is 1. The molecule has 0 spiro atoms. The zero-order valence-corrected chi connectivity index (χ0v) is 14.7. The number of halogens is 1. The van der Waals surface area contributed by atoms with Crippen molar-refractivity contribution in [3.63, 3.8) is 0 Å². The van der Waals surface area contributed by atoms with Gasteiger partial charge in [0.15, 0.2) is 0 Å². The van der Waals surface area contributed by atoms with Crippen LogP contribution in [0.5, 0.6) is 0 Å². The molecule has 0 fully saturated rings. The van der Waals surface area contributed by atoms with Crippen molar-refractivity contribution in [2.75, 3.05) is 0 Å². The highest BCUT2D eigenvalue weighted by Gasteiger charge is 2.13. The van der Waals surface area contributed by atoms with Crippen molar-refractivity contribution in [3.8, 4) is 0 Å². The Hall–Kier alpha value is -2.84. The number of nitrogens with two attached hydrogens (primary N) is 1. The number of pyridine rings is 1. The molecule has 8 heteroatoms. The van der Waals surface area contributed by atoms with Crippen molar-refractivity contribution in [1.82, 2.24) is 10.3 Å². The van der Waals surface area contributed by atoms with Crippen LogP contribution in [-0.4, -0.2) is 19.3 Å². The predicted octanol–water partition coefficient (Wildman–Crippen LogP) is 2.26. The van der Waals surface area contributed by atoms with E-state index in [4.69, 9.17) is 5.14 Å². The van der Waals surface area contributed by atoms with E-state index in [2.05, 4.69) is 10.3 Å². The van der Waals surface area contributed by atoms with Crippen LogP contribution in [0.2, 0.25) is 0 Å². The number of benzene rings is 2. The Morgan fingerprint density at radius 2 is 1.96 bits per heavy atom. The van der Waals surface area contributed by atoms with Crippen molar-refractivity contribution in [2.45, 2.75) is 18.4 Å². The SMILES string of the molecule is Cc1cc(C(=O)NCc2cccc(S(N)(=O)=O)c2)c2ccc(F)cc2n1. The van der Waals surface area contributed by atoms with Crippen LogP contribution in [0.1, 0.15) is 21.6 Å². The van der Waals surface area contributed by atoms with Crippen LogP contribution < -0.4 is 10.5 Å². The summed E-state index contributed by atoms with van der Waals surface area (Å²) in [5.41, 5.74) is 1.94. The molecule has 3 aromatic rings. The summed E-state index contributed by atoms with van der Waals surface area (Å²) >= 11 is 0. The minimum Gasteiger partial charge on any atom is -0.348 e. The number of fused-ring (bicyclic) bond motifs is 1. The van der Waals surface area contributed by atoms with Crippen LogP contribution >= 0.6 is 0 Å². The number of nitrogens with one attached hydrogen (secondary N) is 1. The number of aryl methyl sites for hydroxylation is 1. The fraction of sp³-hybridized carbons (Fsp3) is 0.111. The molecule has 0 aliphatic carbocycles. The van der Waals surface area contributed by atoms with E-state index in [1.54, 1.807) is 25.1 Å². The van der Waals surface area contributed by atoms with Gasteiger partial charge >= 0.3 is 0 Å². The van der Waals surface area contributed by atoms with Crippen molar-refractivity contribution < 1.29 is 17.6 Å². The van der Waals surface area contributed by atoms with Gasteiger partial charge in [0, 0.05) is 23.7 Å². The maximum absolute atomic E-state index is 13.4. The molecule has 3 rings (SSSR count). The Labute approximate surface area is 149 Å². The Morgan fingerprint density at radius 3 is 2.69 bits per heavy atom. The average molecular weight is 373 g/mol. The first kappa shape index (κ1) is 18.0. The van der Waals surface area contributed by atoms with Crippen LogP contribution in [0.3, 0.4) is 0 Å². The highest BCUT2D eigenvalue weighted by Crippen LogP contribution is 2.20. The summed E-state index contributed by atoms with van der Waals surface area (Å²) in [6.45, 7) is 1.84. The first-order valence-electron chi connectivity index (χ1n) is 7.71. The van der Waals surface area contributed by atoms with Crippen LogP contribution in [0.25, 0.3) is 10.9 Å². The number of amides is 1. The monoisotopic (exact) mass is 373 g/mol. The molecule has 1 amide bonds. The lowest BCUT2D eigenvalue weighted by molar-refractivity contribution is 0.0952. The molecule has 0 saturated carbocycles. The van der Waals surface area contributed by atoms with E-state index in [0.29, 0.717) is 27.7 Å². The summed E-state index contributed by atoms with van der Waals surface area (Å²) in [5, 5.41) is 8.38. The molecule has 0 saturated heterocycles. The second-order valence-electron chi connectivity index (χ2n) is 5.85. The molecule has 0 aliphatic heterocycles. The summed E-state index contributed by atoms with van der Waals surface area (Å²) in [7, 11) is -3.81. The van der Waals surface area contributed by atoms with E-state index in [9.17, 15) is 17.6 Å². The van der Waals surface area contributed by atoms with Gasteiger partial charge in [0.2, 0.25) is 10.0 Å². The quantitative estimate of drug-likeness (QED) is 0.732. The van der Waals surface area contributed by atoms with E-state index < -0.39 is 15.8 Å². The van der Waals surface area contributed by atoms with Crippen molar-refractivity contribution in [2.24, 2.45) is 5.14 Å². The number of carbonyl (C=O) groups is 1. The van der Waals surface area contributed by atoms with Gasteiger partial charge < -0.3 is 5.32 Å². The number of carbonyl (C=O) groups excluding carboxylic acids is 1. The average Bonchev–Trinajstić information content (AvgIpc) is 2.58. The van der Waals surface area contributed by atoms with Gasteiger partial charge in [-0.3, -0.25) is 9.78 Å². The van der Waals surface area contributed by atoms with Gasteiger partial charge in [-0.05, 0) is 42.8 Å². The molecule has 0 bridgehead atoms. The predicted molar refractivity (Wildman–Crippen MR) is 95.4 cm³/mol. The smallest absolute Gasteiger partial charge is 0.252 e.